The van der Waals surface area contributed by atoms with Crippen molar-refractivity contribution in [2.75, 3.05) is 19.3 Å². The zero-order chi connectivity index (χ0) is 11.4. The second kappa shape index (κ2) is 4.98. The van der Waals surface area contributed by atoms with Gasteiger partial charge in [-0.3, -0.25) is 4.79 Å². The summed E-state index contributed by atoms with van der Waals surface area (Å²) in [5.41, 5.74) is 5.90. The third-order valence-electron chi connectivity index (χ3n) is 2.01. The maximum absolute atomic E-state index is 11.9. The summed E-state index contributed by atoms with van der Waals surface area (Å²) in [6.07, 6.45) is 2.30. The molecule has 0 aliphatic heterocycles. The van der Waals surface area contributed by atoms with Gasteiger partial charge in [0.15, 0.2) is 0 Å². The van der Waals surface area contributed by atoms with Gasteiger partial charge in [0.1, 0.15) is 5.82 Å². The van der Waals surface area contributed by atoms with Gasteiger partial charge in [-0.1, -0.05) is 18.5 Å². The van der Waals surface area contributed by atoms with E-state index in [0.29, 0.717) is 22.9 Å². The van der Waals surface area contributed by atoms with Crippen LogP contribution in [0.5, 0.6) is 0 Å². The molecule has 1 amide bonds. The van der Waals surface area contributed by atoms with Gasteiger partial charge < -0.3 is 10.6 Å². The van der Waals surface area contributed by atoms with E-state index < -0.39 is 0 Å². The summed E-state index contributed by atoms with van der Waals surface area (Å²) in [7, 11) is 1.73. The molecule has 0 aliphatic rings. The second-order valence-corrected chi connectivity index (χ2v) is 3.72. The molecule has 0 spiro atoms. The van der Waals surface area contributed by atoms with Crippen LogP contribution in [0.1, 0.15) is 23.7 Å². The van der Waals surface area contributed by atoms with Crippen molar-refractivity contribution in [1.29, 1.82) is 0 Å². The fraction of sp³-hybridized carbons (Fsp3) is 0.400. The number of halogens is 1. The van der Waals surface area contributed by atoms with E-state index in [0.717, 1.165) is 6.42 Å². The second-order valence-electron chi connectivity index (χ2n) is 3.32. The van der Waals surface area contributed by atoms with Crippen molar-refractivity contribution in [3.63, 3.8) is 0 Å². The highest BCUT2D eigenvalue weighted by Crippen LogP contribution is 2.18. The number of amides is 1. The first-order valence-electron chi connectivity index (χ1n) is 4.72. The fourth-order valence-corrected chi connectivity index (χ4v) is 1.45. The van der Waals surface area contributed by atoms with Crippen molar-refractivity contribution < 1.29 is 4.79 Å². The molecule has 0 radical (unpaired) electrons. The van der Waals surface area contributed by atoms with Crippen LogP contribution < -0.4 is 5.73 Å². The molecule has 1 rings (SSSR count). The van der Waals surface area contributed by atoms with Crippen LogP contribution in [-0.2, 0) is 0 Å². The van der Waals surface area contributed by atoms with E-state index in [1.807, 2.05) is 6.92 Å². The lowest BCUT2D eigenvalue weighted by atomic mass is 10.2. The Morgan fingerprint density at radius 3 is 2.93 bits per heavy atom. The van der Waals surface area contributed by atoms with Gasteiger partial charge in [-0.05, 0) is 12.5 Å². The highest BCUT2D eigenvalue weighted by atomic mass is 35.5. The normalized spacial score (nSPS) is 10.1. The minimum absolute atomic E-state index is 0.129. The van der Waals surface area contributed by atoms with E-state index in [2.05, 4.69) is 4.98 Å². The van der Waals surface area contributed by atoms with E-state index in [-0.39, 0.29) is 5.91 Å². The van der Waals surface area contributed by atoms with Gasteiger partial charge in [-0.25, -0.2) is 4.98 Å². The van der Waals surface area contributed by atoms with Crippen molar-refractivity contribution in [1.82, 2.24) is 9.88 Å². The lowest BCUT2D eigenvalue weighted by Crippen LogP contribution is -2.27. The van der Waals surface area contributed by atoms with Gasteiger partial charge in [0.25, 0.3) is 5.91 Å². The van der Waals surface area contributed by atoms with Crippen LogP contribution in [0.25, 0.3) is 0 Å². The number of nitrogen functional groups attached to an aromatic ring is 1. The highest BCUT2D eigenvalue weighted by molar-refractivity contribution is 6.33. The molecule has 15 heavy (non-hydrogen) atoms. The third kappa shape index (κ3) is 2.83. The molecule has 0 fully saturated rings. The van der Waals surface area contributed by atoms with Gasteiger partial charge in [0.2, 0.25) is 0 Å². The minimum atomic E-state index is -0.129. The standard InChI is InChI=1S/C10H14ClN3O/c1-3-4-14(2)10(15)7-5-9(12)13-6-8(7)11/h5-6H,3-4H2,1-2H3,(H2,12,13). The largest absolute Gasteiger partial charge is 0.384 e. The maximum Gasteiger partial charge on any atom is 0.255 e. The third-order valence-corrected chi connectivity index (χ3v) is 2.31. The molecule has 1 aromatic rings. The summed E-state index contributed by atoms with van der Waals surface area (Å²) in [6.45, 7) is 2.70. The zero-order valence-electron chi connectivity index (χ0n) is 8.83. The molecule has 0 aromatic carbocycles. The molecule has 2 N–H and O–H groups in total. The van der Waals surface area contributed by atoms with Gasteiger partial charge in [-0.15, -0.1) is 0 Å². The summed E-state index contributed by atoms with van der Waals surface area (Å²) in [4.78, 5) is 17.3. The maximum atomic E-state index is 11.9. The molecule has 4 nitrogen and oxygen atoms in total. The van der Waals surface area contributed by atoms with Crippen LogP contribution in [-0.4, -0.2) is 29.4 Å². The Labute approximate surface area is 94.0 Å². The number of rotatable bonds is 3. The van der Waals surface area contributed by atoms with E-state index in [9.17, 15) is 4.79 Å². The average Bonchev–Trinajstić information content (AvgIpc) is 2.21. The number of carbonyl (C=O) groups is 1. The van der Waals surface area contributed by atoms with Gasteiger partial charge in [0, 0.05) is 19.8 Å². The molecule has 0 bridgehead atoms. The van der Waals surface area contributed by atoms with Crippen LogP contribution in [0.3, 0.4) is 0 Å². The Morgan fingerprint density at radius 2 is 2.33 bits per heavy atom. The molecule has 82 valence electrons. The van der Waals surface area contributed by atoms with E-state index in [1.54, 1.807) is 11.9 Å². The van der Waals surface area contributed by atoms with Crippen molar-refractivity contribution in [3.8, 4) is 0 Å². The van der Waals surface area contributed by atoms with E-state index >= 15 is 0 Å². The van der Waals surface area contributed by atoms with Crippen molar-refractivity contribution in [2.24, 2.45) is 0 Å². The van der Waals surface area contributed by atoms with Crippen LogP contribution in [0, 0.1) is 0 Å². The average molecular weight is 228 g/mol. The first-order valence-corrected chi connectivity index (χ1v) is 5.10. The topological polar surface area (TPSA) is 59.2 Å². The predicted molar refractivity (Wildman–Crippen MR) is 60.9 cm³/mol. The number of pyridine rings is 1. The Morgan fingerprint density at radius 1 is 1.67 bits per heavy atom. The molecule has 1 heterocycles. The first kappa shape index (κ1) is 11.8. The van der Waals surface area contributed by atoms with Crippen LogP contribution in [0.2, 0.25) is 5.02 Å². The molecule has 5 heteroatoms. The highest BCUT2D eigenvalue weighted by Gasteiger charge is 2.14. The number of nitrogens with zero attached hydrogens (tertiary/aromatic N) is 2. The Hall–Kier alpha value is -1.29. The minimum Gasteiger partial charge on any atom is -0.384 e. The summed E-state index contributed by atoms with van der Waals surface area (Å²) in [5.74, 6) is 0.170. The molecule has 0 atom stereocenters. The van der Waals surface area contributed by atoms with Crippen LogP contribution in [0.4, 0.5) is 5.82 Å². The van der Waals surface area contributed by atoms with Gasteiger partial charge >= 0.3 is 0 Å². The monoisotopic (exact) mass is 227 g/mol. The van der Waals surface area contributed by atoms with Crippen molar-refractivity contribution in [3.05, 3.63) is 22.8 Å². The Kier molecular flexibility index (Phi) is 3.91. The van der Waals surface area contributed by atoms with Gasteiger partial charge in [0.05, 0.1) is 10.6 Å². The number of hydrogen-bond donors (Lipinski definition) is 1. The molecule has 1 aromatic heterocycles. The molecule has 0 saturated carbocycles. The van der Waals surface area contributed by atoms with Crippen molar-refractivity contribution in [2.45, 2.75) is 13.3 Å². The summed E-state index contributed by atoms with van der Waals surface area (Å²) < 4.78 is 0. The van der Waals surface area contributed by atoms with Gasteiger partial charge in [-0.2, -0.15) is 0 Å². The smallest absolute Gasteiger partial charge is 0.255 e. The summed E-state index contributed by atoms with van der Waals surface area (Å²) >= 11 is 5.87. The molecular formula is C10H14ClN3O. The van der Waals surface area contributed by atoms with Crippen LogP contribution in [0.15, 0.2) is 12.3 Å². The molecule has 0 unspecified atom stereocenters. The predicted octanol–water partition coefficient (Wildman–Crippen LogP) is 1.80. The van der Waals surface area contributed by atoms with Crippen LogP contribution >= 0.6 is 11.6 Å². The number of aromatic nitrogens is 1. The number of carbonyl (C=O) groups excluding carboxylic acids is 1. The van der Waals surface area contributed by atoms with E-state index in [4.69, 9.17) is 17.3 Å². The SMILES string of the molecule is CCCN(C)C(=O)c1cc(N)ncc1Cl. The van der Waals surface area contributed by atoms with Crippen molar-refractivity contribution >= 4 is 23.3 Å². The fourth-order valence-electron chi connectivity index (χ4n) is 1.26. The number of anilines is 1. The zero-order valence-corrected chi connectivity index (χ0v) is 9.58. The first-order chi connectivity index (χ1) is 7.06. The Bertz CT molecular complexity index is 368. The quantitative estimate of drug-likeness (QED) is 0.857. The number of nitrogens with two attached hydrogens (primary N) is 1. The lowest BCUT2D eigenvalue weighted by molar-refractivity contribution is 0.0795. The summed E-state index contributed by atoms with van der Waals surface area (Å²) in [6, 6.07) is 1.50. The molecule has 0 aliphatic carbocycles. The lowest BCUT2D eigenvalue weighted by Gasteiger charge is -2.16. The number of hydrogen-bond acceptors (Lipinski definition) is 3. The van der Waals surface area contributed by atoms with E-state index in [1.165, 1.54) is 12.3 Å². The summed E-state index contributed by atoms with van der Waals surface area (Å²) in [5, 5.41) is 0.331. The molecule has 0 saturated heterocycles. The molecular weight excluding hydrogens is 214 g/mol. The Balaban J connectivity index is 2.95.